The zero-order chi connectivity index (χ0) is 30.0. The summed E-state index contributed by atoms with van der Waals surface area (Å²) in [6, 6.07) is 8.88. The molecule has 10 nitrogen and oxygen atoms in total. The number of piperazine rings is 1. The Morgan fingerprint density at radius 3 is 2.66 bits per heavy atom. The molecular formula is C32H42Cl2N8O2. The Labute approximate surface area is 268 Å². The lowest BCUT2D eigenvalue weighted by Crippen LogP contribution is -2.64. The molecule has 2 bridgehead atoms. The van der Waals surface area contributed by atoms with Crippen molar-refractivity contribution in [2.75, 3.05) is 45.9 Å². The Morgan fingerprint density at radius 2 is 1.86 bits per heavy atom. The number of hydrogen-bond acceptors (Lipinski definition) is 8. The van der Waals surface area contributed by atoms with Crippen LogP contribution in [0.3, 0.4) is 0 Å². The lowest BCUT2D eigenvalue weighted by atomic mass is 9.78. The third-order valence-corrected chi connectivity index (χ3v) is 10.7. The molecule has 3 aromatic rings. The molecule has 5 heterocycles. The van der Waals surface area contributed by atoms with Gasteiger partial charge in [-0.1, -0.05) is 47.7 Å². The van der Waals surface area contributed by atoms with Gasteiger partial charge in [0.15, 0.2) is 5.15 Å². The molecule has 1 saturated carbocycles. The highest BCUT2D eigenvalue weighted by Crippen LogP contribution is 2.39. The van der Waals surface area contributed by atoms with Crippen LogP contribution < -0.4 is 10.9 Å². The molecule has 2 aromatic heterocycles. The van der Waals surface area contributed by atoms with E-state index < -0.39 is 0 Å². The number of ether oxygens (including phenoxy) is 1. The molecule has 1 aliphatic carbocycles. The summed E-state index contributed by atoms with van der Waals surface area (Å²) in [6.45, 7) is 7.19. The van der Waals surface area contributed by atoms with E-state index in [1.165, 1.54) is 12.8 Å². The summed E-state index contributed by atoms with van der Waals surface area (Å²) < 4.78 is 9.03. The Hall–Kier alpha value is -2.34. The SMILES string of the molecule is O=c1cc(-c2cc(Cl)ccc2-n2cc(Cl)nn2)ncn1[C@H]1CCCCCNC[C@@H]2CN(C3COC3)CCN2C2CCCC1C2. The molecule has 12 heteroatoms. The van der Waals surface area contributed by atoms with Crippen molar-refractivity contribution >= 4 is 23.2 Å². The van der Waals surface area contributed by atoms with Crippen LogP contribution in [0.5, 0.6) is 0 Å². The highest BCUT2D eigenvalue weighted by Gasteiger charge is 2.39. The van der Waals surface area contributed by atoms with Crippen molar-refractivity contribution in [1.82, 2.24) is 39.7 Å². The van der Waals surface area contributed by atoms with Gasteiger partial charge in [-0.15, -0.1) is 5.10 Å². The maximum atomic E-state index is 13.9. The van der Waals surface area contributed by atoms with Gasteiger partial charge in [-0.25, -0.2) is 9.67 Å². The molecule has 0 radical (unpaired) electrons. The summed E-state index contributed by atoms with van der Waals surface area (Å²) in [6.07, 6.45) is 12.5. The number of aromatic nitrogens is 5. The van der Waals surface area contributed by atoms with Crippen LogP contribution in [0.4, 0.5) is 0 Å². The molecule has 4 atom stereocenters. The van der Waals surface area contributed by atoms with Crippen molar-refractivity contribution < 1.29 is 4.74 Å². The van der Waals surface area contributed by atoms with Gasteiger partial charge in [0.1, 0.15) is 0 Å². The molecule has 0 amide bonds. The molecule has 2 unspecified atom stereocenters. The van der Waals surface area contributed by atoms with Crippen LogP contribution >= 0.6 is 23.2 Å². The first kappa shape index (κ1) is 30.3. The average Bonchev–Trinajstić information content (AvgIpc) is 3.44. The Balaban J connectivity index is 1.16. The third kappa shape index (κ3) is 6.48. The molecule has 4 aliphatic rings. The predicted octanol–water partition coefficient (Wildman–Crippen LogP) is 4.45. The first-order valence-electron chi connectivity index (χ1n) is 16.3. The second-order valence-corrected chi connectivity index (χ2v) is 13.8. The van der Waals surface area contributed by atoms with Crippen LogP contribution in [-0.2, 0) is 4.74 Å². The molecule has 3 saturated heterocycles. The number of rotatable bonds is 4. The summed E-state index contributed by atoms with van der Waals surface area (Å²) in [5.74, 6) is 0.450. The van der Waals surface area contributed by atoms with E-state index in [-0.39, 0.29) is 16.8 Å². The molecular weight excluding hydrogens is 599 g/mol. The number of nitrogens with zero attached hydrogens (tertiary/aromatic N) is 7. The molecule has 4 fully saturated rings. The van der Waals surface area contributed by atoms with E-state index in [1.807, 2.05) is 16.7 Å². The normalized spacial score (nSPS) is 27.9. The number of nitrogens with one attached hydrogen (secondary N) is 1. The molecule has 1 N–H and O–H groups in total. The Morgan fingerprint density at radius 1 is 0.955 bits per heavy atom. The predicted molar refractivity (Wildman–Crippen MR) is 172 cm³/mol. The molecule has 44 heavy (non-hydrogen) atoms. The molecule has 7 rings (SSSR count). The van der Waals surface area contributed by atoms with Crippen LogP contribution in [0.15, 0.2) is 41.6 Å². The van der Waals surface area contributed by atoms with E-state index >= 15 is 0 Å². The first-order chi connectivity index (χ1) is 21.5. The van der Waals surface area contributed by atoms with Gasteiger partial charge in [-0.3, -0.25) is 19.2 Å². The lowest BCUT2D eigenvalue weighted by molar-refractivity contribution is -0.0934. The topological polar surface area (TPSA) is 93.3 Å². The number of halogens is 2. The van der Waals surface area contributed by atoms with E-state index in [9.17, 15) is 4.79 Å². The van der Waals surface area contributed by atoms with Crippen molar-refractivity contribution in [2.45, 2.75) is 75.5 Å². The number of fused-ring (bicyclic) bond motifs is 4. The van der Waals surface area contributed by atoms with Crippen molar-refractivity contribution in [1.29, 1.82) is 0 Å². The Bertz CT molecular complexity index is 1490. The number of benzene rings is 1. The van der Waals surface area contributed by atoms with Crippen molar-refractivity contribution in [3.05, 3.63) is 57.3 Å². The fourth-order valence-electron chi connectivity index (χ4n) is 7.90. The number of hydrogen-bond donors (Lipinski definition) is 1. The van der Waals surface area contributed by atoms with Crippen LogP contribution in [0, 0.1) is 5.92 Å². The summed E-state index contributed by atoms with van der Waals surface area (Å²) in [5, 5.41) is 12.7. The van der Waals surface area contributed by atoms with Crippen molar-refractivity contribution in [3.63, 3.8) is 0 Å². The highest BCUT2D eigenvalue weighted by molar-refractivity contribution is 6.31. The Kier molecular flexibility index (Phi) is 9.35. The highest BCUT2D eigenvalue weighted by atomic mass is 35.5. The maximum Gasteiger partial charge on any atom is 0.254 e. The summed E-state index contributed by atoms with van der Waals surface area (Å²) in [7, 11) is 0. The van der Waals surface area contributed by atoms with Crippen LogP contribution in [-0.4, -0.2) is 98.4 Å². The van der Waals surface area contributed by atoms with E-state index in [4.69, 9.17) is 32.9 Å². The minimum Gasteiger partial charge on any atom is -0.378 e. The zero-order valence-corrected chi connectivity index (χ0v) is 26.7. The van der Waals surface area contributed by atoms with Crippen molar-refractivity contribution in [3.8, 4) is 16.9 Å². The van der Waals surface area contributed by atoms with Gasteiger partial charge in [-0.05, 0) is 62.8 Å². The second-order valence-electron chi connectivity index (χ2n) is 12.9. The average molecular weight is 642 g/mol. The van der Waals surface area contributed by atoms with E-state index in [2.05, 4.69) is 25.4 Å². The van der Waals surface area contributed by atoms with Gasteiger partial charge < -0.3 is 10.1 Å². The summed E-state index contributed by atoms with van der Waals surface area (Å²) in [5.41, 5.74) is 1.96. The van der Waals surface area contributed by atoms with Gasteiger partial charge in [0, 0.05) is 61.0 Å². The van der Waals surface area contributed by atoms with Crippen LogP contribution in [0.2, 0.25) is 10.2 Å². The fourth-order valence-corrected chi connectivity index (χ4v) is 8.20. The van der Waals surface area contributed by atoms with E-state index in [1.54, 1.807) is 29.3 Å². The third-order valence-electron chi connectivity index (χ3n) is 10.3. The largest absolute Gasteiger partial charge is 0.378 e. The minimum absolute atomic E-state index is 0.0233. The van der Waals surface area contributed by atoms with Gasteiger partial charge in [0.05, 0.1) is 43.2 Å². The van der Waals surface area contributed by atoms with E-state index in [0.717, 1.165) is 84.5 Å². The van der Waals surface area contributed by atoms with Crippen molar-refractivity contribution in [2.24, 2.45) is 5.92 Å². The first-order valence-corrected chi connectivity index (χ1v) is 17.0. The smallest absolute Gasteiger partial charge is 0.254 e. The molecule has 236 valence electrons. The van der Waals surface area contributed by atoms with Gasteiger partial charge in [-0.2, -0.15) is 0 Å². The second kappa shape index (κ2) is 13.6. The monoisotopic (exact) mass is 640 g/mol. The quantitative estimate of drug-likeness (QED) is 0.447. The molecule has 3 aliphatic heterocycles. The zero-order valence-electron chi connectivity index (χ0n) is 25.2. The van der Waals surface area contributed by atoms with Gasteiger partial charge in [0.2, 0.25) is 0 Å². The van der Waals surface area contributed by atoms with Gasteiger partial charge in [0.25, 0.3) is 5.56 Å². The summed E-state index contributed by atoms with van der Waals surface area (Å²) >= 11 is 12.4. The lowest BCUT2D eigenvalue weighted by Gasteiger charge is -2.51. The maximum absolute atomic E-state index is 13.9. The van der Waals surface area contributed by atoms with Gasteiger partial charge >= 0.3 is 0 Å². The van der Waals surface area contributed by atoms with E-state index in [0.29, 0.717) is 46.0 Å². The minimum atomic E-state index is -0.0233. The fraction of sp³-hybridized carbons (Fsp3) is 0.625. The van der Waals surface area contributed by atoms with Crippen LogP contribution in [0.25, 0.3) is 16.9 Å². The van der Waals surface area contributed by atoms with Crippen LogP contribution in [0.1, 0.15) is 57.4 Å². The molecule has 1 aromatic carbocycles. The standard InChI is InChI=1S/C32H42Cl2N8O2/c33-23-8-9-30(42-18-31(34)37-38-42)27(14-23)28-15-32(43)41(21-36-28)29-7-2-1-3-10-35-16-25-17-39(26-19-44-20-26)11-12-40(25)24-6-4-5-22(29)13-24/h8-9,14-15,18,21-22,24-26,29,35H,1-7,10-13,16-17,19-20H2/t22?,24?,25-,29+/m1/s1. The molecule has 0 spiro atoms. The summed E-state index contributed by atoms with van der Waals surface area (Å²) in [4.78, 5) is 24.2.